The minimum Gasteiger partial charge on any atom is -0.326 e. The Morgan fingerprint density at radius 1 is 0.938 bits per heavy atom. The van der Waals surface area contributed by atoms with Crippen molar-refractivity contribution in [1.82, 2.24) is 4.98 Å². The highest BCUT2D eigenvalue weighted by molar-refractivity contribution is 8.01. The van der Waals surface area contributed by atoms with Crippen molar-refractivity contribution in [2.24, 2.45) is 0 Å². The molecule has 4 rings (SSSR count). The van der Waals surface area contributed by atoms with Gasteiger partial charge in [-0.1, -0.05) is 67.2 Å². The average Bonchev–Trinajstić information content (AvgIpc) is 3.25. The van der Waals surface area contributed by atoms with E-state index in [9.17, 15) is 9.59 Å². The molecule has 0 bridgehead atoms. The predicted octanol–water partition coefficient (Wildman–Crippen LogP) is 5.77. The van der Waals surface area contributed by atoms with Crippen LogP contribution in [0.15, 0.2) is 76.4 Å². The van der Waals surface area contributed by atoms with Crippen molar-refractivity contribution in [3.63, 3.8) is 0 Å². The summed E-state index contributed by atoms with van der Waals surface area (Å²) in [5, 5.41) is 9.85. The van der Waals surface area contributed by atoms with Gasteiger partial charge in [0.25, 0.3) is 0 Å². The van der Waals surface area contributed by atoms with E-state index in [1.807, 2.05) is 72.1 Å². The summed E-state index contributed by atoms with van der Waals surface area (Å²) in [4.78, 5) is 29.2. The number of carbonyl (C=O) groups excluding carboxylic acids is 2. The number of fused-ring (bicyclic) bond motifs is 1. The maximum atomic E-state index is 12.4. The van der Waals surface area contributed by atoms with E-state index in [4.69, 9.17) is 0 Å². The van der Waals surface area contributed by atoms with Crippen LogP contribution in [-0.4, -0.2) is 22.6 Å². The third-order valence-electron chi connectivity index (χ3n) is 4.91. The second-order valence-corrected chi connectivity index (χ2v) is 9.32. The second-order valence-electron chi connectivity index (χ2n) is 7.24. The summed E-state index contributed by atoms with van der Waals surface area (Å²) in [6, 6.07) is 21.7. The number of nitrogens with one attached hydrogen (secondary N) is 2. The molecule has 0 aliphatic rings. The third-order valence-corrected chi connectivity index (χ3v) is 6.98. The van der Waals surface area contributed by atoms with Crippen molar-refractivity contribution >= 4 is 57.1 Å². The van der Waals surface area contributed by atoms with E-state index < -0.39 is 0 Å². The number of carbonyl (C=O) groups is 2. The molecular formula is C25H23N3O2S2. The number of aromatic nitrogens is 1. The molecule has 4 aromatic rings. The Balaban J connectivity index is 1.28. The fourth-order valence-corrected chi connectivity index (χ4v) is 4.92. The molecule has 0 fully saturated rings. The van der Waals surface area contributed by atoms with Crippen LogP contribution < -0.4 is 10.6 Å². The maximum absolute atomic E-state index is 12.4. The highest BCUT2D eigenvalue weighted by atomic mass is 32.2. The minimum atomic E-state index is -0.107. The molecule has 32 heavy (non-hydrogen) atoms. The monoisotopic (exact) mass is 461 g/mol. The number of anilines is 2. The minimum absolute atomic E-state index is 0.0867. The van der Waals surface area contributed by atoms with Gasteiger partial charge in [0.05, 0.1) is 17.9 Å². The zero-order valence-corrected chi connectivity index (χ0v) is 19.3. The number of hydrogen-bond acceptors (Lipinski definition) is 5. The van der Waals surface area contributed by atoms with Crippen LogP contribution in [0.5, 0.6) is 0 Å². The van der Waals surface area contributed by atoms with Crippen molar-refractivity contribution in [1.29, 1.82) is 0 Å². The standard InChI is InChI=1S/C25H23N3O2S2/c1-2-17-10-12-19(13-11-17)26-23(29)14-20-15-31-25(27-20)32-16-24(30)28-22-9-5-7-18-6-3-4-8-21(18)22/h3-13,15H,2,14,16H2,1H3,(H,26,29)(H,28,30). The lowest BCUT2D eigenvalue weighted by molar-refractivity contribution is -0.116. The molecule has 0 atom stereocenters. The molecule has 1 aromatic heterocycles. The zero-order chi connectivity index (χ0) is 22.3. The number of thiazole rings is 1. The van der Waals surface area contributed by atoms with Crippen molar-refractivity contribution < 1.29 is 9.59 Å². The van der Waals surface area contributed by atoms with Crippen LogP contribution >= 0.6 is 23.1 Å². The van der Waals surface area contributed by atoms with Gasteiger partial charge in [-0.25, -0.2) is 4.98 Å². The van der Waals surface area contributed by atoms with E-state index in [-0.39, 0.29) is 24.0 Å². The Morgan fingerprint density at radius 2 is 1.72 bits per heavy atom. The first-order chi connectivity index (χ1) is 15.6. The number of nitrogens with zero attached hydrogens (tertiary/aromatic N) is 1. The Hall–Kier alpha value is -3.16. The van der Waals surface area contributed by atoms with Gasteiger partial charge in [0, 0.05) is 22.1 Å². The normalized spacial score (nSPS) is 10.8. The van der Waals surface area contributed by atoms with E-state index in [0.717, 1.165) is 32.9 Å². The fourth-order valence-electron chi connectivity index (χ4n) is 3.28. The molecule has 0 saturated carbocycles. The smallest absolute Gasteiger partial charge is 0.234 e. The summed E-state index contributed by atoms with van der Waals surface area (Å²) in [7, 11) is 0. The van der Waals surface area contributed by atoms with Crippen LogP contribution in [0.1, 0.15) is 18.2 Å². The molecule has 162 valence electrons. The lowest BCUT2D eigenvalue weighted by Gasteiger charge is -2.08. The predicted molar refractivity (Wildman–Crippen MR) is 134 cm³/mol. The van der Waals surface area contributed by atoms with Crippen LogP contribution in [-0.2, 0) is 22.4 Å². The van der Waals surface area contributed by atoms with Crippen molar-refractivity contribution in [3.8, 4) is 0 Å². The molecular weight excluding hydrogens is 438 g/mol. The van der Waals surface area contributed by atoms with Gasteiger partial charge in [-0.15, -0.1) is 11.3 Å². The molecule has 3 aromatic carbocycles. The molecule has 1 heterocycles. The molecule has 7 heteroatoms. The summed E-state index contributed by atoms with van der Waals surface area (Å²) in [6.45, 7) is 2.10. The first-order valence-electron chi connectivity index (χ1n) is 10.3. The molecule has 2 N–H and O–H groups in total. The van der Waals surface area contributed by atoms with Crippen LogP contribution in [0.3, 0.4) is 0 Å². The van der Waals surface area contributed by atoms with Gasteiger partial charge in [0.2, 0.25) is 11.8 Å². The quantitative estimate of drug-likeness (QED) is 0.327. The average molecular weight is 462 g/mol. The van der Waals surface area contributed by atoms with Crippen molar-refractivity contribution in [2.45, 2.75) is 24.1 Å². The molecule has 0 aliphatic carbocycles. The zero-order valence-electron chi connectivity index (χ0n) is 17.6. The van der Waals surface area contributed by atoms with Gasteiger partial charge < -0.3 is 10.6 Å². The van der Waals surface area contributed by atoms with Gasteiger partial charge in [0.15, 0.2) is 4.34 Å². The number of thioether (sulfide) groups is 1. The van der Waals surface area contributed by atoms with Crippen molar-refractivity contribution in [3.05, 3.63) is 83.4 Å². The summed E-state index contributed by atoms with van der Waals surface area (Å²) in [5.74, 6) is 0.0627. The first kappa shape index (κ1) is 22.0. The van der Waals surface area contributed by atoms with Gasteiger partial charge >= 0.3 is 0 Å². The highest BCUT2D eigenvalue weighted by Gasteiger charge is 2.11. The Morgan fingerprint density at radius 3 is 2.53 bits per heavy atom. The Bertz CT molecular complexity index is 1230. The maximum Gasteiger partial charge on any atom is 0.234 e. The van der Waals surface area contributed by atoms with Gasteiger partial charge in [0.1, 0.15) is 0 Å². The van der Waals surface area contributed by atoms with Gasteiger partial charge in [-0.2, -0.15) is 0 Å². The largest absolute Gasteiger partial charge is 0.326 e. The SMILES string of the molecule is CCc1ccc(NC(=O)Cc2csc(SCC(=O)Nc3cccc4ccccc34)n2)cc1. The fraction of sp³-hybridized carbons (Fsp3) is 0.160. The van der Waals surface area contributed by atoms with E-state index in [1.165, 1.54) is 28.7 Å². The van der Waals surface area contributed by atoms with Crippen LogP contribution in [0.25, 0.3) is 10.8 Å². The molecule has 0 radical (unpaired) electrons. The number of benzene rings is 3. The number of aryl methyl sites for hydroxylation is 1. The molecule has 5 nitrogen and oxygen atoms in total. The first-order valence-corrected chi connectivity index (χ1v) is 12.2. The topological polar surface area (TPSA) is 71.1 Å². The number of hydrogen-bond donors (Lipinski definition) is 2. The molecule has 2 amide bonds. The number of rotatable bonds is 8. The third kappa shape index (κ3) is 5.75. The lowest BCUT2D eigenvalue weighted by Crippen LogP contribution is -2.15. The molecule has 0 aliphatic heterocycles. The molecule has 0 unspecified atom stereocenters. The van der Waals surface area contributed by atoms with E-state index >= 15 is 0 Å². The Kier molecular flexibility index (Phi) is 7.19. The van der Waals surface area contributed by atoms with Crippen LogP contribution in [0.4, 0.5) is 11.4 Å². The Labute approximate surface area is 195 Å². The second kappa shape index (κ2) is 10.4. The summed E-state index contributed by atoms with van der Waals surface area (Å²) in [5.41, 5.74) is 3.52. The summed E-state index contributed by atoms with van der Waals surface area (Å²) < 4.78 is 0.771. The van der Waals surface area contributed by atoms with Crippen molar-refractivity contribution in [2.75, 3.05) is 16.4 Å². The summed E-state index contributed by atoms with van der Waals surface area (Å²) >= 11 is 2.82. The molecule has 0 spiro atoms. The van der Waals surface area contributed by atoms with E-state index in [0.29, 0.717) is 5.69 Å². The van der Waals surface area contributed by atoms with Crippen LogP contribution in [0, 0.1) is 0 Å². The van der Waals surface area contributed by atoms with E-state index in [1.54, 1.807) is 0 Å². The lowest BCUT2D eigenvalue weighted by atomic mass is 10.1. The highest BCUT2D eigenvalue weighted by Crippen LogP contribution is 2.25. The van der Waals surface area contributed by atoms with Crippen LogP contribution in [0.2, 0.25) is 0 Å². The number of amides is 2. The molecule has 0 saturated heterocycles. The summed E-state index contributed by atoms with van der Waals surface area (Å²) in [6.07, 6.45) is 1.17. The van der Waals surface area contributed by atoms with Gasteiger partial charge in [-0.3, -0.25) is 9.59 Å². The van der Waals surface area contributed by atoms with E-state index in [2.05, 4.69) is 22.5 Å². The van der Waals surface area contributed by atoms with Gasteiger partial charge in [-0.05, 0) is 35.6 Å².